The van der Waals surface area contributed by atoms with E-state index in [4.69, 9.17) is 9.47 Å². The fourth-order valence-corrected chi connectivity index (χ4v) is 1.89. The summed E-state index contributed by atoms with van der Waals surface area (Å²) in [6.07, 6.45) is 3.38. The van der Waals surface area contributed by atoms with Gasteiger partial charge in [0.05, 0.1) is 24.7 Å². The van der Waals surface area contributed by atoms with Gasteiger partial charge in [-0.05, 0) is 18.4 Å². The topological polar surface area (TPSA) is 61.6 Å². The van der Waals surface area contributed by atoms with Crippen LogP contribution in [0.4, 0.5) is 0 Å². The Morgan fingerprint density at radius 1 is 1.33 bits per heavy atom. The normalized spacial score (nSPS) is 11.2. The Morgan fingerprint density at radius 3 is 2.17 bits per heavy atom. The van der Waals surface area contributed by atoms with Gasteiger partial charge in [-0.1, -0.05) is 0 Å². The summed E-state index contributed by atoms with van der Waals surface area (Å²) in [4.78, 5) is 11.2. The van der Waals surface area contributed by atoms with Gasteiger partial charge in [0, 0.05) is 17.9 Å². The molecule has 0 bridgehead atoms. The van der Waals surface area contributed by atoms with Crippen LogP contribution in [0.2, 0.25) is 0 Å². The van der Waals surface area contributed by atoms with Gasteiger partial charge in [-0.25, -0.2) is 0 Å². The summed E-state index contributed by atoms with van der Waals surface area (Å²) in [5.41, 5.74) is 0.607. The van der Waals surface area contributed by atoms with Gasteiger partial charge in [-0.15, -0.1) is 11.8 Å². The minimum absolute atomic E-state index is 0.0310. The molecule has 0 saturated carbocycles. The van der Waals surface area contributed by atoms with E-state index in [-0.39, 0.29) is 5.70 Å². The van der Waals surface area contributed by atoms with Gasteiger partial charge in [-0.2, -0.15) is 0 Å². The molecule has 0 fully saturated rings. The van der Waals surface area contributed by atoms with Crippen molar-refractivity contribution in [1.29, 1.82) is 0 Å². The maximum atomic E-state index is 10.7. The second-order valence-corrected chi connectivity index (χ2v) is 4.37. The molecule has 0 aliphatic carbocycles. The average Bonchev–Trinajstić information content (AvgIpc) is 2.38. The molecule has 1 aromatic carbocycles. The Bertz CT molecular complexity index is 460. The zero-order chi connectivity index (χ0) is 13.7. The molecule has 0 aromatic heterocycles. The molecule has 98 valence electrons. The Morgan fingerprint density at radius 2 is 1.83 bits per heavy atom. The summed E-state index contributed by atoms with van der Waals surface area (Å²) in [5.74, 6) is 1.11. The predicted molar refractivity (Wildman–Crippen MR) is 72.0 cm³/mol. The van der Waals surface area contributed by atoms with E-state index < -0.39 is 4.92 Å². The average molecular weight is 269 g/mol. The first-order valence-corrected chi connectivity index (χ1v) is 6.38. The van der Waals surface area contributed by atoms with Crippen LogP contribution in [0.25, 0.3) is 6.08 Å². The smallest absolute Gasteiger partial charge is 0.244 e. The molecule has 0 spiro atoms. The molecule has 5 nitrogen and oxygen atoms in total. The van der Waals surface area contributed by atoms with Crippen molar-refractivity contribution in [1.82, 2.24) is 0 Å². The lowest BCUT2D eigenvalue weighted by Crippen LogP contribution is -1.97. The first-order valence-electron chi connectivity index (χ1n) is 5.16. The van der Waals surface area contributed by atoms with Crippen LogP contribution >= 0.6 is 11.8 Å². The number of nitro groups is 1. The third-order valence-corrected chi connectivity index (χ3v) is 3.10. The first-order chi connectivity index (χ1) is 8.53. The van der Waals surface area contributed by atoms with E-state index in [2.05, 4.69) is 0 Å². The number of rotatable bonds is 5. The standard InChI is InChI=1S/C12H15NO4S/c1-8(13(14)15)5-10-11(16-2)6-9(18-4)7-12(10)17-3/h5-7H,1-4H3. The van der Waals surface area contributed by atoms with E-state index in [1.54, 1.807) is 11.8 Å². The Hall–Kier alpha value is -1.69. The Kier molecular flexibility index (Phi) is 5.03. The maximum Gasteiger partial charge on any atom is 0.244 e. The third kappa shape index (κ3) is 3.16. The van der Waals surface area contributed by atoms with Crippen molar-refractivity contribution < 1.29 is 14.4 Å². The second kappa shape index (κ2) is 6.30. The van der Waals surface area contributed by atoms with Gasteiger partial charge >= 0.3 is 0 Å². The van der Waals surface area contributed by atoms with Crippen molar-refractivity contribution in [3.63, 3.8) is 0 Å². The summed E-state index contributed by atoms with van der Waals surface area (Å²) in [6, 6.07) is 3.65. The lowest BCUT2D eigenvalue weighted by atomic mass is 10.1. The minimum atomic E-state index is -0.443. The summed E-state index contributed by atoms with van der Waals surface area (Å²) in [6.45, 7) is 1.43. The molecule has 0 amide bonds. The zero-order valence-corrected chi connectivity index (χ0v) is 11.5. The number of benzene rings is 1. The van der Waals surface area contributed by atoms with Gasteiger partial charge in [0.25, 0.3) is 0 Å². The van der Waals surface area contributed by atoms with Crippen molar-refractivity contribution in [2.45, 2.75) is 11.8 Å². The van der Waals surface area contributed by atoms with Crippen LogP contribution < -0.4 is 9.47 Å². The molecule has 0 N–H and O–H groups in total. The minimum Gasteiger partial charge on any atom is -0.496 e. The van der Waals surface area contributed by atoms with Crippen molar-refractivity contribution >= 4 is 17.8 Å². The summed E-state index contributed by atoms with van der Waals surface area (Å²) in [7, 11) is 3.05. The number of allylic oxidation sites excluding steroid dienone is 1. The highest BCUT2D eigenvalue weighted by molar-refractivity contribution is 7.98. The summed E-state index contributed by atoms with van der Waals surface area (Å²) in [5, 5.41) is 10.7. The number of thioether (sulfide) groups is 1. The number of hydrogen-bond donors (Lipinski definition) is 0. The highest BCUT2D eigenvalue weighted by atomic mass is 32.2. The van der Waals surface area contributed by atoms with E-state index in [0.29, 0.717) is 17.1 Å². The van der Waals surface area contributed by atoms with Crippen LogP contribution in [0, 0.1) is 10.1 Å². The van der Waals surface area contributed by atoms with E-state index in [1.165, 1.54) is 27.2 Å². The van der Waals surface area contributed by atoms with Crippen LogP contribution in [0.15, 0.2) is 22.7 Å². The first kappa shape index (κ1) is 14.4. The van der Waals surface area contributed by atoms with Crippen molar-refractivity contribution in [3.8, 4) is 11.5 Å². The molecule has 0 unspecified atom stereocenters. The zero-order valence-electron chi connectivity index (χ0n) is 10.7. The highest BCUT2D eigenvalue weighted by Gasteiger charge is 2.13. The molecule has 0 radical (unpaired) electrons. The number of ether oxygens (including phenoxy) is 2. The van der Waals surface area contributed by atoms with E-state index in [9.17, 15) is 10.1 Å². The Balaban J connectivity index is 3.40. The lowest BCUT2D eigenvalue weighted by molar-refractivity contribution is -0.422. The number of nitrogens with zero attached hydrogens (tertiary/aromatic N) is 1. The molecule has 0 heterocycles. The van der Waals surface area contributed by atoms with Crippen LogP contribution in [-0.2, 0) is 0 Å². The third-order valence-electron chi connectivity index (χ3n) is 2.39. The second-order valence-electron chi connectivity index (χ2n) is 3.49. The largest absolute Gasteiger partial charge is 0.496 e. The van der Waals surface area contributed by atoms with Crippen LogP contribution in [-0.4, -0.2) is 25.4 Å². The monoisotopic (exact) mass is 269 g/mol. The summed E-state index contributed by atoms with van der Waals surface area (Å²) < 4.78 is 10.5. The SMILES string of the molecule is COc1cc(SC)cc(OC)c1C=C(C)[N+](=O)[O-]. The van der Waals surface area contributed by atoms with E-state index in [1.807, 2.05) is 18.4 Å². The highest BCUT2D eigenvalue weighted by Crippen LogP contribution is 2.35. The van der Waals surface area contributed by atoms with Gasteiger partial charge in [0.1, 0.15) is 11.5 Å². The van der Waals surface area contributed by atoms with Crippen molar-refractivity contribution in [2.24, 2.45) is 0 Å². The quantitative estimate of drug-likeness (QED) is 0.467. The van der Waals surface area contributed by atoms with Crippen LogP contribution in [0.3, 0.4) is 0 Å². The number of methoxy groups -OCH3 is 2. The molecular weight excluding hydrogens is 254 g/mol. The van der Waals surface area contributed by atoms with Gasteiger partial charge < -0.3 is 9.47 Å². The van der Waals surface area contributed by atoms with E-state index in [0.717, 1.165) is 4.90 Å². The fraction of sp³-hybridized carbons (Fsp3) is 0.333. The van der Waals surface area contributed by atoms with E-state index >= 15 is 0 Å². The molecule has 6 heteroatoms. The molecule has 1 rings (SSSR count). The van der Waals surface area contributed by atoms with Crippen LogP contribution in [0.1, 0.15) is 12.5 Å². The maximum absolute atomic E-state index is 10.7. The molecule has 18 heavy (non-hydrogen) atoms. The molecule has 0 atom stereocenters. The predicted octanol–water partition coefficient (Wildman–Crippen LogP) is 3.06. The lowest BCUT2D eigenvalue weighted by Gasteiger charge is -2.12. The summed E-state index contributed by atoms with van der Waals surface area (Å²) >= 11 is 1.55. The van der Waals surface area contributed by atoms with Crippen molar-refractivity contribution in [2.75, 3.05) is 20.5 Å². The van der Waals surface area contributed by atoms with Gasteiger partial charge in [0.15, 0.2) is 0 Å². The molecule has 0 aliphatic heterocycles. The molecule has 0 aliphatic rings. The van der Waals surface area contributed by atoms with Crippen LogP contribution in [0.5, 0.6) is 11.5 Å². The number of hydrogen-bond acceptors (Lipinski definition) is 5. The fourth-order valence-electron chi connectivity index (χ4n) is 1.44. The molecule has 0 saturated heterocycles. The van der Waals surface area contributed by atoms with Gasteiger partial charge in [0.2, 0.25) is 5.70 Å². The Labute approximate surface area is 110 Å². The van der Waals surface area contributed by atoms with Gasteiger partial charge in [-0.3, -0.25) is 10.1 Å². The molecule has 1 aromatic rings. The molecular formula is C12H15NO4S. The van der Waals surface area contributed by atoms with Crippen molar-refractivity contribution in [3.05, 3.63) is 33.5 Å².